The van der Waals surface area contributed by atoms with E-state index in [1.54, 1.807) is 12.4 Å². The SMILES string of the molecule is COc1ccc(F)cc1S(=O)(=O)N1CCC(C(=O)NCc2ccncc2)CC1. The molecule has 0 spiro atoms. The standard InChI is InChI=1S/C19H22FN3O4S/c1-27-17-3-2-16(20)12-18(17)28(25,26)23-10-6-15(7-11-23)19(24)22-13-14-4-8-21-9-5-14/h2-5,8-9,12,15H,6-7,10-11,13H2,1H3,(H,22,24). The molecule has 150 valence electrons. The minimum absolute atomic E-state index is 0.0959. The zero-order valence-electron chi connectivity index (χ0n) is 15.5. The fourth-order valence-electron chi connectivity index (χ4n) is 3.18. The van der Waals surface area contributed by atoms with E-state index in [0.717, 1.165) is 17.7 Å². The lowest BCUT2D eigenvalue weighted by atomic mass is 9.97. The summed E-state index contributed by atoms with van der Waals surface area (Å²) < 4.78 is 45.7. The number of ether oxygens (including phenoxy) is 1. The van der Waals surface area contributed by atoms with Crippen molar-refractivity contribution in [2.45, 2.75) is 24.3 Å². The van der Waals surface area contributed by atoms with Crippen LogP contribution in [0.1, 0.15) is 18.4 Å². The van der Waals surface area contributed by atoms with Gasteiger partial charge in [-0.2, -0.15) is 4.31 Å². The van der Waals surface area contributed by atoms with Gasteiger partial charge in [0.2, 0.25) is 15.9 Å². The van der Waals surface area contributed by atoms with Gasteiger partial charge in [-0.05, 0) is 48.7 Å². The largest absolute Gasteiger partial charge is 0.495 e. The highest BCUT2D eigenvalue weighted by atomic mass is 32.2. The lowest BCUT2D eigenvalue weighted by Crippen LogP contribution is -2.43. The van der Waals surface area contributed by atoms with E-state index in [4.69, 9.17) is 4.74 Å². The predicted molar refractivity (Wildman–Crippen MR) is 101 cm³/mol. The monoisotopic (exact) mass is 407 g/mol. The van der Waals surface area contributed by atoms with E-state index in [0.29, 0.717) is 19.4 Å². The zero-order chi connectivity index (χ0) is 20.1. The Bertz CT molecular complexity index is 929. The molecule has 1 saturated heterocycles. The molecule has 3 rings (SSSR count). The Morgan fingerprint density at radius 3 is 2.57 bits per heavy atom. The quantitative estimate of drug-likeness (QED) is 0.791. The summed E-state index contributed by atoms with van der Waals surface area (Å²) in [6.07, 6.45) is 4.12. The lowest BCUT2D eigenvalue weighted by Gasteiger charge is -2.30. The second-order valence-corrected chi connectivity index (χ2v) is 8.45. The highest BCUT2D eigenvalue weighted by Crippen LogP contribution is 2.30. The number of hydrogen-bond donors (Lipinski definition) is 1. The average molecular weight is 407 g/mol. The molecule has 1 amide bonds. The van der Waals surface area contributed by atoms with E-state index < -0.39 is 15.8 Å². The van der Waals surface area contributed by atoms with Crippen LogP contribution in [0.5, 0.6) is 5.75 Å². The predicted octanol–water partition coefficient (Wildman–Crippen LogP) is 1.95. The van der Waals surface area contributed by atoms with Crippen LogP contribution < -0.4 is 10.1 Å². The highest BCUT2D eigenvalue weighted by Gasteiger charge is 2.33. The molecule has 28 heavy (non-hydrogen) atoms. The van der Waals surface area contributed by atoms with E-state index in [1.807, 2.05) is 12.1 Å². The molecular formula is C19H22FN3O4S. The Morgan fingerprint density at radius 2 is 1.93 bits per heavy atom. The van der Waals surface area contributed by atoms with Crippen molar-refractivity contribution in [2.75, 3.05) is 20.2 Å². The molecule has 1 aromatic heterocycles. The second kappa shape index (κ2) is 8.66. The molecule has 2 heterocycles. The normalized spacial score (nSPS) is 15.9. The van der Waals surface area contributed by atoms with Gasteiger partial charge in [-0.15, -0.1) is 0 Å². The van der Waals surface area contributed by atoms with E-state index in [1.165, 1.54) is 17.5 Å². The van der Waals surface area contributed by atoms with Crippen molar-refractivity contribution in [1.29, 1.82) is 0 Å². The summed E-state index contributed by atoms with van der Waals surface area (Å²) in [5.41, 5.74) is 0.946. The first-order chi connectivity index (χ1) is 13.4. The molecule has 1 aromatic carbocycles. The third-order valence-electron chi connectivity index (χ3n) is 4.78. The van der Waals surface area contributed by atoms with E-state index in [-0.39, 0.29) is 35.6 Å². The van der Waals surface area contributed by atoms with E-state index in [9.17, 15) is 17.6 Å². The minimum Gasteiger partial charge on any atom is -0.495 e. The summed E-state index contributed by atoms with van der Waals surface area (Å²) in [5, 5.41) is 2.88. The van der Waals surface area contributed by atoms with Crippen LogP contribution in [0.2, 0.25) is 0 Å². The number of methoxy groups -OCH3 is 1. The number of carbonyl (C=O) groups is 1. The van der Waals surface area contributed by atoms with Gasteiger partial charge >= 0.3 is 0 Å². The number of nitrogens with zero attached hydrogens (tertiary/aromatic N) is 2. The summed E-state index contributed by atoms with van der Waals surface area (Å²) in [5.74, 6) is -0.914. The number of hydrogen-bond acceptors (Lipinski definition) is 5. The van der Waals surface area contributed by atoms with Crippen LogP contribution in [-0.2, 0) is 21.4 Å². The fraction of sp³-hybridized carbons (Fsp3) is 0.368. The van der Waals surface area contributed by atoms with Gasteiger partial charge in [0.15, 0.2) is 0 Å². The topological polar surface area (TPSA) is 88.6 Å². The number of carbonyl (C=O) groups excluding carboxylic acids is 1. The van der Waals surface area contributed by atoms with Gasteiger partial charge in [-0.3, -0.25) is 9.78 Å². The molecule has 9 heteroatoms. The first-order valence-corrected chi connectivity index (χ1v) is 10.4. The van der Waals surface area contributed by atoms with Gasteiger partial charge in [0, 0.05) is 37.9 Å². The molecule has 0 radical (unpaired) electrons. The van der Waals surface area contributed by atoms with Crippen molar-refractivity contribution < 1.29 is 22.3 Å². The molecule has 2 aromatic rings. The number of pyridine rings is 1. The Hall–Kier alpha value is -2.52. The maximum absolute atomic E-state index is 13.6. The number of benzene rings is 1. The summed E-state index contributed by atoms with van der Waals surface area (Å²) >= 11 is 0. The molecule has 0 aliphatic carbocycles. The van der Waals surface area contributed by atoms with Gasteiger partial charge in [0.1, 0.15) is 16.5 Å². The third-order valence-corrected chi connectivity index (χ3v) is 6.70. The Kier molecular flexibility index (Phi) is 6.25. The van der Waals surface area contributed by atoms with Gasteiger partial charge in [-0.25, -0.2) is 12.8 Å². The molecule has 0 bridgehead atoms. The second-order valence-electron chi connectivity index (χ2n) is 6.55. The van der Waals surface area contributed by atoms with Gasteiger partial charge in [0.25, 0.3) is 0 Å². The van der Waals surface area contributed by atoms with Crippen LogP contribution >= 0.6 is 0 Å². The van der Waals surface area contributed by atoms with Crippen LogP contribution in [0.3, 0.4) is 0 Å². The van der Waals surface area contributed by atoms with E-state index >= 15 is 0 Å². The maximum Gasteiger partial charge on any atom is 0.246 e. The fourth-order valence-corrected chi connectivity index (χ4v) is 4.82. The molecule has 0 atom stereocenters. The van der Waals surface area contributed by atoms with Crippen molar-refractivity contribution in [3.05, 3.63) is 54.1 Å². The molecule has 1 aliphatic rings. The molecular weight excluding hydrogens is 385 g/mol. The Balaban J connectivity index is 1.61. The van der Waals surface area contributed by atoms with Crippen LogP contribution in [0.15, 0.2) is 47.6 Å². The van der Waals surface area contributed by atoms with Crippen molar-refractivity contribution in [3.8, 4) is 5.75 Å². The molecule has 0 unspecified atom stereocenters. The molecule has 1 fully saturated rings. The summed E-state index contributed by atoms with van der Waals surface area (Å²) in [4.78, 5) is 16.1. The first-order valence-electron chi connectivity index (χ1n) is 8.92. The molecule has 1 aliphatic heterocycles. The number of piperidine rings is 1. The summed E-state index contributed by atoms with van der Waals surface area (Å²) in [6, 6.07) is 7.05. The van der Waals surface area contributed by atoms with Crippen LogP contribution in [0.4, 0.5) is 4.39 Å². The minimum atomic E-state index is -3.90. The van der Waals surface area contributed by atoms with E-state index in [2.05, 4.69) is 10.3 Å². The van der Waals surface area contributed by atoms with Gasteiger partial charge in [-0.1, -0.05) is 0 Å². The average Bonchev–Trinajstić information content (AvgIpc) is 2.73. The number of rotatable bonds is 6. The van der Waals surface area contributed by atoms with Crippen LogP contribution in [0, 0.1) is 11.7 Å². The molecule has 7 nitrogen and oxygen atoms in total. The molecule has 1 N–H and O–H groups in total. The maximum atomic E-state index is 13.6. The Labute approximate surface area is 163 Å². The van der Waals surface area contributed by atoms with Crippen molar-refractivity contribution >= 4 is 15.9 Å². The number of sulfonamides is 1. The number of nitrogens with one attached hydrogen (secondary N) is 1. The highest BCUT2D eigenvalue weighted by molar-refractivity contribution is 7.89. The smallest absolute Gasteiger partial charge is 0.246 e. The van der Waals surface area contributed by atoms with Gasteiger partial charge in [0.05, 0.1) is 7.11 Å². The third kappa shape index (κ3) is 4.48. The van der Waals surface area contributed by atoms with Crippen LogP contribution in [-0.4, -0.2) is 43.8 Å². The number of halogens is 1. The lowest BCUT2D eigenvalue weighted by molar-refractivity contribution is -0.126. The molecule has 0 saturated carbocycles. The van der Waals surface area contributed by atoms with Crippen LogP contribution in [0.25, 0.3) is 0 Å². The van der Waals surface area contributed by atoms with Crippen molar-refractivity contribution in [1.82, 2.24) is 14.6 Å². The number of amides is 1. The summed E-state index contributed by atoms with van der Waals surface area (Å²) in [7, 11) is -2.56. The van der Waals surface area contributed by atoms with Crippen molar-refractivity contribution in [2.24, 2.45) is 5.92 Å². The zero-order valence-corrected chi connectivity index (χ0v) is 16.3. The Morgan fingerprint density at radius 1 is 1.25 bits per heavy atom. The first kappa shape index (κ1) is 20.2. The van der Waals surface area contributed by atoms with Crippen molar-refractivity contribution in [3.63, 3.8) is 0 Å². The summed E-state index contributed by atoms with van der Waals surface area (Å²) in [6.45, 7) is 0.783. The number of aromatic nitrogens is 1. The van der Waals surface area contributed by atoms with Gasteiger partial charge < -0.3 is 10.1 Å².